The molecule has 0 aliphatic carbocycles. The molecular weight excluding hydrogens is 824 g/mol. The Hall–Kier alpha value is -7.64. The Morgan fingerprint density at radius 3 is 1.66 bits per heavy atom. The third-order valence-corrected chi connectivity index (χ3v) is 9.17. The lowest BCUT2D eigenvalue weighted by Gasteiger charge is -2.05. The van der Waals surface area contributed by atoms with Crippen molar-refractivity contribution in [2.75, 3.05) is 5.33 Å². The minimum Gasteiger partial charge on any atom is -0.390 e. The number of pyridine rings is 2. The van der Waals surface area contributed by atoms with Gasteiger partial charge < -0.3 is 8.83 Å². The van der Waals surface area contributed by atoms with Gasteiger partial charge in [-0.1, -0.05) is 40.2 Å². The zero-order chi connectivity index (χ0) is 41.9. The van der Waals surface area contributed by atoms with Gasteiger partial charge in [-0.05, 0) is 85.3 Å². The second-order valence-electron chi connectivity index (χ2n) is 12.8. The van der Waals surface area contributed by atoms with Crippen LogP contribution in [0.3, 0.4) is 0 Å². The molecule has 59 heavy (non-hydrogen) atoms. The fourth-order valence-corrected chi connectivity index (χ4v) is 6.15. The van der Waals surface area contributed by atoms with Crippen LogP contribution in [-0.4, -0.2) is 54.4 Å². The van der Waals surface area contributed by atoms with Crippen molar-refractivity contribution < 1.29 is 8.83 Å². The number of benzene rings is 2. The molecule has 0 aliphatic heterocycles. The Bertz CT molecular complexity index is 3060. The number of alkyl halides is 1. The van der Waals surface area contributed by atoms with E-state index in [2.05, 4.69) is 63.3 Å². The molecule has 8 rings (SSSR count). The van der Waals surface area contributed by atoms with E-state index in [1.165, 1.54) is 32.0 Å². The molecule has 0 atom stereocenters. The Balaban J connectivity index is 0.000000166. The number of hydrogen-bond donors (Lipinski definition) is 1. The lowest BCUT2D eigenvalue weighted by Crippen LogP contribution is -2.22. The minimum absolute atomic E-state index is 0.00475. The Kier molecular flexibility index (Phi) is 13.2. The van der Waals surface area contributed by atoms with Crippen LogP contribution in [0.15, 0.2) is 114 Å². The van der Waals surface area contributed by atoms with Crippen LogP contribution >= 0.6 is 15.9 Å². The van der Waals surface area contributed by atoms with E-state index in [4.69, 9.17) is 19.4 Å². The van der Waals surface area contributed by atoms with Gasteiger partial charge in [0.1, 0.15) is 25.7 Å². The van der Waals surface area contributed by atoms with Crippen molar-refractivity contribution in [3.05, 3.63) is 173 Å². The summed E-state index contributed by atoms with van der Waals surface area (Å²) < 4.78 is 13.8. The first-order valence-corrected chi connectivity index (χ1v) is 19.0. The van der Waals surface area contributed by atoms with Crippen molar-refractivity contribution in [1.29, 1.82) is 10.5 Å². The fraction of sp³-hybridized carbons (Fsp3) is 0.200. The molecule has 0 amide bonds. The number of aryl methyl sites for hydroxylation is 5. The fourth-order valence-electron chi connectivity index (χ4n) is 5.69. The number of nitriles is 2. The van der Waals surface area contributed by atoms with Gasteiger partial charge in [-0.15, -0.1) is 10.2 Å². The molecule has 0 bridgehead atoms. The average molecular weight is 858 g/mol. The summed E-state index contributed by atoms with van der Waals surface area (Å²) in [5.74, 6) is -1.00. The van der Waals surface area contributed by atoms with Gasteiger partial charge in [-0.3, -0.25) is 18.7 Å². The molecule has 19 heteroatoms. The number of aromatic nitrogens is 10. The summed E-state index contributed by atoms with van der Waals surface area (Å²) in [4.78, 5) is 64.3. The van der Waals surface area contributed by atoms with E-state index in [-0.39, 0.29) is 36.0 Å². The van der Waals surface area contributed by atoms with Crippen molar-refractivity contribution in [1.82, 2.24) is 49.0 Å². The van der Waals surface area contributed by atoms with Crippen LogP contribution in [0.25, 0.3) is 22.1 Å². The molecule has 6 heterocycles. The molecule has 1 N–H and O–H groups in total. The molecular formula is C40H33BrN12O6. The number of H-pyrrole nitrogens is 1. The highest BCUT2D eigenvalue weighted by molar-refractivity contribution is 9.09. The predicted molar refractivity (Wildman–Crippen MR) is 217 cm³/mol. The summed E-state index contributed by atoms with van der Waals surface area (Å²) in [7, 11) is 0. The second-order valence-corrected chi connectivity index (χ2v) is 13.6. The Labute approximate surface area is 341 Å². The maximum Gasteiger partial charge on any atom is 0.437 e. The maximum absolute atomic E-state index is 12.7. The molecule has 0 aliphatic rings. The molecule has 8 aromatic rings. The van der Waals surface area contributed by atoms with Gasteiger partial charge in [0.05, 0.1) is 40.6 Å². The van der Waals surface area contributed by atoms with Gasteiger partial charge in [0.25, 0.3) is 11.1 Å². The van der Waals surface area contributed by atoms with Gasteiger partial charge in [0.15, 0.2) is 11.3 Å². The van der Waals surface area contributed by atoms with E-state index < -0.39 is 11.5 Å². The van der Waals surface area contributed by atoms with Crippen LogP contribution in [0, 0.1) is 36.5 Å². The number of aromatic amines is 1. The van der Waals surface area contributed by atoms with Crippen LogP contribution in [0.1, 0.15) is 45.2 Å². The second kappa shape index (κ2) is 19.0. The summed E-state index contributed by atoms with van der Waals surface area (Å²) in [5.41, 5.74) is 5.36. The topological polar surface area (TPSA) is 250 Å². The zero-order valence-corrected chi connectivity index (χ0v) is 33.2. The van der Waals surface area contributed by atoms with Crippen LogP contribution in [-0.2, 0) is 32.5 Å². The summed E-state index contributed by atoms with van der Waals surface area (Å²) >= 11 is 3.36. The quantitative estimate of drug-likeness (QED) is 0.203. The van der Waals surface area contributed by atoms with Crippen molar-refractivity contribution >= 4 is 38.0 Å². The number of hydrogen-bond acceptors (Lipinski definition) is 14. The first-order chi connectivity index (χ1) is 28.6. The van der Waals surface area contributed by atoms with Crippen molar-refractivity contribution in [2.45, 2.75) is 46.3 Å². The molecule has 18 nitrogen and oxygen atoms in total. The number of halogens is 1. The lowest BCUT2D eigenvalue weighted by molar-refractivity contribution is 0.434. The highest BCUT2D eigenvalue weighted by atomic mass is 79.9. The van der Waals surface area contributed by atoms with E-state index in [1.54, 1.807) is 36.7 Å². The first kappa shape index (κ1) is 41.0. The standard InChI is InChI=1S/C20H16N6O3.C11H9N5O3.C9H8BrN/c1-13-6-8-22-18-17(13)19(27)25(12-23-18)11-16-24-26(20(28)29-16)9-7-14-2-4-15(10-21)5-3-14;1-6-2-3-12-9-8(6)10(17)16(5-13-9)4-7-14-15-11(18)19-7;10-6-5-8-1-3-9(7-11)4-2-8/h2-6,8,12H,7,9,11H2,1H3;2-3,5H,4H2,1H3,(H,15,18);1-4H,5-6H2. The van der Waals surface area contributed by atoms with Crippen LogP contribution in [0.5, 0.6) is 0 Å². The van der Waals surface area contributed by atoms with E-state index in [0.29, 0.717) is 40.6 Å². The van der Waals surface area contributed by atoms with Gasteiger partial charge in [0, 0.05) is 17.7 Å². The molecule has 0 spiro atoms. The number of nitrogens with zero attached hydrogens (tertiary/aromatic N) is 11. The molecule has 0 saturated carbocycles. The molecule has 2 aromatic carbocycles. The predicted octanol–water partition coefficient (Wildman–Crippen LogP) is 3.73. The van der Waals surface area contributed by atoms with Gasteiger partial charge in [-0.25, -0.2) is 34.6 Å². The molecule has 0 saturated heterocycles. The van der Waals surface area contributed by atoms with Gasteiger partial charge in [0.2, 0.25) is 11.8 Å². The van der Waals surface area contributed by atoms with Crippen LogP contribution in [0.2, 0.25) is 0 Å². The van der Waals surface area contributed by atoms with Crippen molar-refractivity contribution in [2.24, 2.45) is 0 Å². The molecule has 0 unspecified atom stereocenters. The summed E-state index contributed by atoms with van der Waals surface area (Å²) in [6.45, 7) is 3.98. The van der Waals surface area contributed by atoms with E-state index in [0.717, 1.165) is 34.0 Å². The highest BCUT2D eigenvalue weighted by Crippen LogP contribution is 2.11. The molecule has 6 aromatic heterocycles. The van der Waals surface area contributed by atoms with Crippen LogP contribution in [0.4, 0.5) is 0 Å². The SMILES string of the molecule is Cc1ccnc2ncn(Cc3n[nH]c(=O)o3)c(=O)c12.Cc1ccnc2ncn(Cc3nn(CCc4ccc(C#N)cc4)c(=O)o3)c(=O)c12.N#Cc1ccc(CCBr)cc1. The summed E-state index contributed by atoms with van der Waals surface area (Å²) in [6, 6.07) is 22.4. The minimum atomic E-state index is -0.658. The molecule has 0 fully saturated rings. The van der Waals surface area contributed by atoms with Gasteiger partial charge >= 0.3 is 11.5 Å². The first-order valence-electron chi connectivity index (χ1n) is 17.8. The Morgan fingerprint density at radius 2 is 1.19 bits per heavy atom. The third-order valence-electron chi connectivity index (χ3n) is 8.77. The van der Waals surface area contributed by atoms with E-state index in [1.807, 2.05) is 50.2 Å². The number of fused-ring (bicyclic) bond motifs is 2. The average Bonchev–Trinajstić information content (AvgIpc) is 3.83. The number of rotatable bonds is 9. The smallest absolute Gasteiger partial charge is 0.390 e. The molecule has 0 radical (unpaired) electrons. The zero-order valence-electron chi connectivity index (χ0n) is 31.6. The number of nitrogens with one attached hydrogen (secondary N) is 1. The molecule has 296 valence electrons. The van der Waals surface area contributed by atoms with E-state index in [9.17, 15) is 19.2 Å². The lowest BCUT2D eigenvalue weighted by atomic mass is 10.1. The highest BCUT2D eigenvalue weighted by Gasteiger charge is 2.14. The third kappa shape index (κ3) is 10.2. The monoisotopic (exact) mass is 856 g/mol. The van der Waals surface area contributed by atoms with Crippen LogP contribution < -0.4 is 22.6 Å². The largest absolute Gasteiger partial charge is 0.437 e. The van der Waals surface area contributed by atoms with Gasteiger partial charge in [-0.2, -0.15) is 15.2 Å². The normalized spacial score (nSPS) is 10.6. The summed E-state index contributed by atoms with van der Waals surface area (Å²) in [5, 5.41) is 29.1. The maximum atomic E-state index is 12.7. The van der Waals surface area contributed by atoms with Crippen molar-refractivity contribution in [3.8, 4) is 12.1 Å². The van der Waals surface area contributed by atoms with E-state index >= 15 is 0 Å². The summed E-state index contributed by atoms with van der Waals surface area (Å²) in [6.07, 6.45) is 7.49. The van der Waals surface area contributed by atoms with Crippen molar-refractivity contribution in [3.63, 3.8) is 0 Å². The Morgan fingerprint density at radius 1 is 0.678 bits per heavy atom.